The molecule has 0 fully saturated rings. The standard InChI is InChI=1S/C20H17BrCl2N2O3/c21-13-4-6-14(7-5-13)25-11-15(18(26)20(25)28)19(27)24-9-1-2-12-3-8-16(22)17(23)10-12/h3-8,10,26H,1-2,9,11H2,(H,24,27). The van der Waals surface area contributed by atoms with Crippen molar-refractivity contribution in [3.05, 3.63) is 73.9 Å². The molecule has 5 nitrogen and oxygen atoms in total. The van der Waals surface area contributed by atoms with Gasteiger partial charge in [-0.05, 0) is 54.8 Å². The van der Waals surface area contributed by atoms with Crippen LogP contribution in [-0.4, -0.2) is 30.0 Å². The molecule has 0 unspecified atom stereocenters. The molecule has 2 N–H and O–H groups in total. The summed E-state index contributed by atoms with van der Waals surface area (Å²) in [7, 11) is 0. The molecule has 2 amide bonds. The van der Waals surface area contributed by atoms with E-state index in [9.17, 15) is 14.7 Å². The smallest absolute Gasteiger partial charge is 0.293 e. The number of benzene rings is 2. The van der Waals surface area contributed by atoms with E-state index in [0.29, 0.717) is 35.1 Å². The normalized spacial score (nSPS) is 14.0. The fourth-order valence-electron chi connectivity index (χ4n) is 2.87. The first-order valence-electron chi connectivity index (χ1n) is 8.58. The summed E-state index contributed by atoms with van der Waals surface area (Å²) in [6.45, 7) is 0.438. The summed E-state index contributed by atoms with van der Waals surface area (Å²) < 4.78 is 0.875. The Kier molecular flexibility index (Phi) is 6.65. The Morgan fingerprint density at radius 2 is 1.86 bits per heavy atom. The molecule has 0 saturated heterocycles. The van der Waals surface area contributed by atoms with E-state index in [-0.39, 0.29) is 12.1 Å². The third-order valence-electron chi connectivity index (χ3n) is 4.37. The third kappa shape index (κ3) is 4.69. The molecule has 1 aliphatic heterocycles. The van der Waals surface area contributed by atoms with E-state index in [2.05, 4.69) is 21.2 Å². The maximum atomic E-state index is 12.4. The van der Waals surface area contributed by atoms with Crippen LogP contribution >= 0.6 is 39.1 Å². The average Bonchev–Trinajstić information content (AvgIpc) is 2.97. The molecule has 2 aromatic rings. The highest BCUT2D eigenvalue weighted by molar-refractivity contribution is 9.10. The van der Waals surface area contributed by atoms with Gasteiger partial charge in [0.05, 0.1) is 22.2 Å². The van der Waals surface area contributed by atoms with E-state index in [1.54, 1.807) is 36.4 Å². The molecule has 0 radical (unpaired) electrons. The summed E-state index contributed by atoms with van der Waals surface area (Å²) in [4.78, 5) is 26.0. The molecule has 0 bridgehead atoms. The van der Waals surface area contributed by atoms with Gasteiger partial charge in [-0.3, -0.25) is 9.59 Å². The van der Waals surface area contributed by atoms with Gasteiger partial charge in [0.15, 0.2) is 5.76 Å². The zero-order valence-electron chi connectivity index (χ0n) is 14.7. The minimum atomic E-state index is -0.580. The van der Waals surface area contributed by atoms with Crippen LogP contribution in [0.2, 0.25) is 10.0 Å². The van der Waals surface area contributed by atoms with E-state index in [1.807, 2.05) is 6.07 Å². The Balaban J connectivity index is 1.54. The summed E-state index contributed by atoms with van der Waals surface area (Å²) in [5, 5.41) is 13.8. The van der Waals surface area contributed by atoms with Crippen LogP contribution in [0.5, 0.6) is 0 Å². The molecule has 2 aromatic carbocycles. The first kappa shape index (κ1) is 20.7. The maximum Gasteiger partial charge on any atom is 0.293 e. The lowest BCUT2D eigenvalue weighted by molar-refractivity contribution is -0.119. The number of nitrogens with zero attached hydrogens (tertiary/aromatic N) is 1. The molecular weight excluding hydrogens is 467 g/mol. The summed E-state index contributed by atoms with van der Waals surface area (Å²) in [5.41, 5.74) is 1.70. The Morgan fingerprint density at radius 1 is 1.14 bits per heavy atom. The Labute approximate surface area is 181 Å². The van der Waals surface area contributed by atoms with E-state index in [1.165, 1.54) is 4.90 Å². The van der Waals surface area contributed by atoms with Gasteiger partial charge < -0.3 is 15.3 Å². The number of aryl methyl sites for hydroxylation is 1. The van der Waals surface area contributed by atoms with E-state index < -0.39 is 17.6 Å². The maximum absolute atomic E-state index is 12.4. The summed E-state index contributed by atoms with van der Waals surface area (Å²) in [5.74, 6) is -1.53. The number of carbonyl (C=O) groups is 2. The summed E-state index contributed by atoms with van der Waals surface area (Å²) in [6, 6.07) is 12.5. The second kappa shape index (κ2) is 8.99. The fourth-order valence-corrected chi connectivity index (χ4v) is 3.45. The van der Waals surface area contributed by atoms with Crippen molar-refractivity contribution in [2.75, 3.05) is 18.0 Å². The Bertz CT molecular complexity index is 945. The molecular formula is C20H17BrCl2N2O3. The molecule has 0 spiro atoms. The Morgan fingerprint density at radius 3 is 2.54 bits per heavy atom. The third-order valence-corrected chi connectivity index (χ3v) is 5.64. The zero-order valence-corrected chi connectivity index (χ0v) is 17.8. The minimum absolute atomic E-state index is 0.0327. The highest BCUT2D eigenvalue weighted by Gasteiger charge is 2.34. The molecule has 0 atom stereocenters. The lowest BCUT2D eigenvalue weighted by Crippen LogP contribution is -2.30. The van der Waals surface area contributed by atoms with Crippen LogP contribution in [-0.2, 0) is 16.0 Å². The molecule has 1 heterocycles. The molecule has 8 heteroatoms. The van der Waals surface area contributed by atoms with Crippen molar-refractivity contribution in [2.45, 2.75) is 12.8 Å². The van der Waals surface area contributed by atoms with Crippen LogP contribution in [0.1, 0.15) is 12.0 Å². The topological polar surface area (TPSA) is 69.6 Å². The zero-order chi connectivity index (χ0) is 20.3. The lowest BCUT2D eigenvalue weighted by atomic mass is 10.1. The molecule has 0 aliphatic carbocycles. The van der Waals surface area contributed by atoms with Crippen LogP contribution < -0.4 is 10.2 Å². The quantitative estimate of drug-likeness (QED) is 0.587. The van der Waals surface area contributed by atoms with Crippen molar-refractivity contribution >= 4 is 56.6 Å². The SMILES string of the molecule is O=C(NCCCc1ccc(Cl)c(Cl)c1)C1=C(O)C(=O)N(c2ccc(Br)cc2)C1. The van der Waals surface area contributed by atoms with Gasteiger partial charge in [0.1, 0.15) is 0 Å². The number of hydrogen-bond donors (Lipinski definition) is 2. The lowest BCUT2D eigenvalue weighted by Gasteiger charge is -2.16. The van der Waals surface area contributed by atoms with Crippen molar-refractivity contribution in [3.63, 3.8) is 0 Å². The number of aliphatic hydroxyl groups is 1. The average molecular weight is 484 g/mol. The predicted molar refractivity (Wildman–Crippen MR) is 114 cm³/mol. The van der Waals surface area contributed by atoms with Gasteiger partial charge in [0.25, 0.3) is 11.8 Å². The molecule has 146 valence electrons. The van der Waals surface area contributed by atoms with E-state index >= 15 is 0 Å². The van der Waals surface area contributed by atoms with E-state index in [4.69, 9.17) is 23.2 Å². The molecule has 0 saturated carbocycles. The highest BCUT2D eigenvalue weighted by atomic mass is 79.9. The van der Waals surface area contributed by atoms with E-state index in [0.717, 1.165) is 10.0 Å². The van der Waals surface area contributed by atoms with Crippen molar-refractivity contribution in [2.24, 2.45) is 0 Å². The van der Waals surface area contributed by atoms with Gasteiger partial charge in [-0.15, -0.1) is 0 Å². The fraction of sp³-hybridized carbons (Fsp3) is 0.200. The number of rotatable bonds is 6. The van der Waals surface area contributed by atoms with Crippen molar-refractivity contribution in [1.82, 2.24) is 5.32 Å². The molecule has 28 heavy (non-hydrogen) atoms. The van der Waals surface area contributed by atoms with Crippen LogP contribution in [0, 0.1) is 0 Å². The van der Waals surface area contributed by atoms with Gasteiger partial charge in [-0.25, -0.2) is 0 Å². The van der Waals surface area contributed by atoms with Gasteiger partial charge in [0.2, 0.25) is 0 Å². The second-order valence-corrected chi connectivity index (χ2v) is 8.03. The van der Waals surface area contributed by atoms with Crippen molar-refractivity contribution < 1.29 is 14.7 Å². The van der Waals surface area contributed by atoms with Crippen LogP contribution in [0.3, 0.4) is 0 Å². The summed E-state index contributed by atoms with van der Waals surface area (Å²) >= 11 is 15.2. The number of amides is 2. The number of halogens is 3. The van der Waals surface area contributed by atoms with Crippen LogP contribution in [0.25, 0.3) is 0 Å². The highest BCUT2D eigenvalue weighted by Crippen LogP contribution is 2.26. The number of hydrogen-bond acceptors (Lipinski definition) is 3. The van der Waals surface area contributed by atoms with Crippen LogP contribution in [0.4, 0.5) is 5.69 Å². The predicted octanol–water partition coefficient (Wildman–Crippen LogP) is 4.66. The van der Waals surface area contributed by atoms with Gasteiger partial charge >= 0.3 is 0 Å². The first-order valence-corrected chi connectivity index (χ1v) is 10.1. The van der Waals surface area contributed by atoms with Gasteiger partial charge in [-0.2, -0.15) is 0 Å². The minimum Gasteiger partial charge on any atom is -0.503 e. The number of anilines is 1. The van der Waals surface area contributed by atoms with Crippen LogP contribution in [0.15, 0.2) is 58.3 Å². The molecule has 3 rings (SSSR count). The van der Waals surface area contributed by atoms with Crippen molar-refractivity contribution in [3.8, 4) is 0 Å². The monoisotopic (exact) mass is 482 g/mol. The molecule has 1 aliphatic rings. The first-order chi connectivity index (χ1) is 13.4. The Hall–Kier alpha value is -2.02. The summed E-state index contributed by atoms with van der Waals surface area (Å²) in [6.07, 6.45) is 1.40. The number of nitrogens with one attached hydrogen (secondary N) is 1. The van der Waals surface area contributed by atoms with Gasteiger partial charge in [0, 0.05) is 16.7 Å². The largest absolute Gasteiger partial charge is 0.503 e. The number of carbonyl (C=O) groups excluding carboxylic acids is 2. The van der Waals surface area contributed by atoms with Crippen molar-refractivity contribution in [1.29, 1.82) is 0 Å². The molecule has 0 aromatic heterocycles. The number of aliphatic hydroxyl groups excluding tert-OH is 1. The second-order valence-electron chi connectivity index (χ2n) is 6.30. The van der Waals surface area contributed by atoms with Gasteiger partial charge in [-0.1, -0.05) is 45.2 Å².